The number of nitrogens with zero attached hydrogens (tertiary/aromatic N) is 2. The third-order valence-electron chi connectivity index (χ3n) is 7.20. The summed E-state index contributed by atoms with van der Waals surface area (Å²) in [6.07, 6.45) is 0. The molecule has 39 heavy (non-hydrogen) atoms. The highest BCUT2D eigenvalue weighted by Gasteiger charge is 2.25. The first-order valence-electron chi connectivity index (χ1n) is 13.3. The van der Waals surface area contributed by atoms with E-state index in [1.807, 2.05) is 90.7 Å². The van der Waals surface area contributed by atoms with E-state index in [1.165, 1.54) is 0 Å². The fourth-order valence-corrected chi connectivity index (χ4v) is 5.16. The summed E-state index contributed by atoms with van der Waals surface area (Å²) < 4.78 is 11.5. The SMILES string of the molecule is COc1cc(C)cc(OC)c1CN(C(=O)c1ccccc1-c1ccccc1)c1ccc(N2CCNCC2)cc1. The third-order valence-corrected chi connectivity index (χ3v) is 7.20. The molecule has 5 rings (SSSR count). The Morgan fingerprint density at radius 2 is 1.46 bits per heavy atom. The Hall–Kier alpha value is -4.29. The highest BCUT2D eigenvalue weighted by atomic mass is 16.5. The first kappa shape index (κ1) is 26.3. The molecule has 0 bridgehead atoms. The van der Waals surface area contributed by atoms with Crippen LogP contribution in [0.2, 0.25) is 0 Å². The van der Waals surface area contributed by atoms with Crippen LogP contribution in [0.4, 0.5) is 11.4 Å². The minimum absolute atomic E-state index is 0.0888. The highest BCUT2D eigenvalue weighted by Crippen LogP contribution is 2.35. The van der Waals surface area contributed by atoms with E-state index in [0.29, 0.717) is 23.6 Å². The van der Waals surface area contributed by atoms with E-state index in [0.717, 1.165) is 59.8 Å². The average Bonchev–Trinajstić information content (AvgIpc) is 3.00. The predicted octanol–water partition coefficient (Wildman–Crippen LogP) is 5.94. The number of nitrogens with one attached hydrogen (secondary N) is 1. The lowest BCUT2D eigenvalue weighted by atomic mass is 9.98. The molecule has 6 nitrogen and oxygen atoms in total. The molecule has 0 aromatic heterocycles. The molecule has 0 atom stereocenters. The van der Waals surface area contributed by atoms with Crippen LogP contribution < -0.4 is 24.6 Å². The van der Waals surface area contributed by atoms with Gasteiger partial charge in [-0.1, -0.05) is 48.5 Å². The molecule has 1 aliphatic rings. The van der Waals surface area contributed by atoms with Gasteiger partial charge in [0.05, 0.1) is 26.3 Å². The summed E-state index contributed by atoms with van der Waals surface area (Å²) in [7, 11) is 3.30. The summed E-state index contributed by atoms with van der Waals surface area (Å²) in [6.45, 7) is 6.16. The van der Waals surface area contributed by atoms with Crippen molar-refractivity contribution in [2.75, 3.05) is 50.2 Å². The monoisotopic (exact) mass is 521 g/mol. The maximum Gasteiger partial charge on any atom is 0.259 e. The fraction of sp³-hybridized carbons (Fsp3) is 0.242. The van der Waals surface area contributed by atoms with Crippen LogP contribution in [0.1, 0.15) is 21.5 Å². The smallest absolute Gasteiger partial charge is 0.259 e. The van der Waals surface area contributed by atoms with E-state index in [-0.39, 0.29) is 5.91 Å². The van der Waals surface area contributed by atoms with Gasteiger partial charge in [0.1, 0.15) is 11.5 Å². The van der Waals surface area contributed by atoms with E-state index in [2.05, 4.69) is 22.3 Å². The van der Waals surface area contributed by atoms with Crippen molar-refractivity contribution in [2.45, 2.75) is 13.5 Å². The zero-order chi connectivity index (χ0) is 27.2. The average molecular weight is 522 g/mol. The molecule has 1 saturated heterocycles. The van der Waals surface area contributed by atoms with Crippen LogP contribution in [-0.4, -0.2) is 46.3 Å². The molecule has 1 N–H and O–H groups in total. The Kier molecular flexibility index (Phi) is 8.13. The molecule has 0 radical (unpaired) electrons. The summed E-state index contributed by atoms with van der Waals surface area (Å²) >= 11 is 0. The van der Waals surface area contributed by atoms with Gasteiger partial charge >= 0.3 is 0 Å². The topological polar surface area (TPSA) is 54.0 Å². The summed E-state index contributed by atoms with van der Waals surface area (Å²) in [4.78, 5) is 18.6. The maximum atomic E-state index is 14.4. The molecule has 1 amide bonds. The molecule has 0 saturated carbocycles. The molecule has 1 fully saturated rings. The zero-order valence-corrected chi connectivity index (χ0v) is 22.8. The lowest BCUT2D eigenvalue weighted by Gasteiger charge is -2.30. The number of aryl methyl sites for hydroxylation is 1. The summed E-state index contributed by atoms with van der Waals surface area (Å²) in [5.74, 6) is 1.30. The van der Waals surface area contributed by atoms with Crippen LogP contribution in [0.5, 0.6) is 11.5 Å². The first-order valence-corrected chi connectivity index (χ1v) is 13.3. The van der Waals surface area contributed by atoms with Crippen molar-refractivity contribution in [3.05, 3.63) is 108 Å². The first-order chi connectivity index (χ1) is 19.1. The molecule has 1 heterocycles. The molecule has 0 aliphatic carbocycles. The lowest BCUT2D eigenvalue weighted by molar-refractivity contribution is 0.0985. The number of amides is 1. The predicted molar refractivity (Wildman–Crippen MR) is 158 cm³/mol. The second-order valence-corrected chi connectivity index (χ2v) is 9.70. The van der Waals surface area contributed by atoms with Crippen LogP contribution in [-0.2, 0) is 6.54 Å². The third kappa shape index (κ3) is 5.76. The van der Waals surface area contributed by atoms with Gasteiger partial charge in [0.2, 0.25) is 0 Å². The Morgan fingerprint density at radius 1 is 0.846 bits per heavy atom. The zero-order valence-electron chi connectivity index (χ0n) is 22.8. The number of rotatable bonds is 8. The van der Waals surface area contributed by atoms with Crippen LogP contribution >= 0.6 is 0 Å². The molecular weight excluding hydrogens is 486 g/mol. The number of carbonyl (C=O) groups is 1. The van der Waals surface area contributed by atoms with Crippen LogP contribution in [0.3, 0.4) is 0 Å². The molecule has 4 aromatic rings. The van der Waals surface area contributed by atoms with Gasteiger partial charge in [0, 0.05) is 43.1 Å². The number of piperazine rings is 1. The van der Waals surface area contributed by atoms with E-state index in [1.54, 1.807) is 14.2 Å². The highest BCUT2D eigenvalue weighted by molar-refractivity contribution is 6.10. The van der Waals surface area contributed by atoms with Gasteiger partial charge in [-0.25, -0.2) is 0 Å². The van der Waals surface area contributed by atoms with Gasteiger partial charge in [0.15, 0.2) is 0 Å². The van der Waals surface area contributed by atoms with Gasteiger partial charge in [-0.15, -0.1) is 0 Å². The van der Waals surface area contributed by atoms with E-state index < -0.39 is 0 Å². The number of methoxy groups -OCH3 is 2. The van der Waals surface area contributed by atoms with Gasteiger partial charge in [-0.2, -0.15) is 0 Å². The van der Waals surface area contributed by atoms with Gasteiger partial charge in [0.25, 0.3) is 5.91 Å². The second-order valence-electron chi connectivity index (χ2n) is 9.70. The van der Waals surface area contributed by atoms with Crippen molar-refractivity contribution in [1.82, 2.24) is 5.32 Å². The Bertz CT molecular complexity index is 1390. The van der Waals surface area contributed by atoms with Crippen molar-refractivity contribution in [3.63, 3.8) is 0 Å². The fourth-order valence-electron chi connectivity index (χ4n) is 5.16. The number of benzene rings is 4. The minimum atomic E-state index is -0.0888. The van der Waals surface area contributed by atoms with Crippen molar-refractivity contribution < 1.29 is 14.3 Å². The summed E-state index contributed by atoms with van der Waals surface area (Å²) in [5, 5.41) is 3.40. The number of anilines is 2. The molecule has 0 unspecified atom stereocenters. The Labute approximate surface area is 230 Å². The van der Waals surface area contributed by atoms with Crippen molar-refractivity contribution in [1.29, 1.82) is 0 Å². The van der Waals surface area contributed by atoms with E-state index in [4.69, 9.17) is 9.47 Å². The number of carbonyl (C=O) groups excluding carboxylic acids is 1. The number of hydrogen-bond acceptors (Lipinski definition) is 5. The van der Waals surface area contributed by atoms with Crippen LogP contribution in [0.15, 0.2) is 91.0 Å². The molecule has 1 aliphatic heterocycles. The van der Waals surface area contributed by atoms with Crippen LogP contribution in [0, 0.1) is 6.92 Å². The largest absolute Gasteiger partial charge is 0.496 e. The van der Waals surface area contributed by atoms with Crippen LogP contribution in [0.25, 0.3) is 11.1 Å². The standard InChI is InChI=1S/C33H35N3O3/c1-24-21-31(38-2)30(32(22-24)39-3)23-36(27-15-13-26(14-16-27)35-19-17-34-18-20-35)33(37)29-12-8-7-11-28(29)25-9-5-4-6-10-25/h4-16,21-22,34H,17-20,23H2,1-3H3. The maximum absolute atomic E-state index is 14.4. The van der Waals surface area contributed by atoms with Crippen molar-refractivity contribution >= 4 is 17.3 Å². The summed E-state index contributed by atoms with van der Waals surface area (Å²) in [5.41, 5.74) is 6.35. The Balaban J connectivity index is 1.58. The molecule has 0 spiro atoms. The van der Waals surface area contributed by atoms with Gasteiger partial charge in [-0.3, -0.25) is 4.79 Å². The number of hydrogen-bond donors (Lipinski definition) is 1. The molecule has 6 heteroatoms. The van der Waals surface area contributed by atoms with Crippen molar-refractivity contribution in [3.8, 4) is 22.6 Å². The van der Waals surface area contributed by atoms with E-state index >= 15 is 0 Å². The van der Waals surface area contributed by atoms with Crippen molar-refractivity contribution in [2.24, 2.45) is 0 Å². The number of ether oxygens (including phenoxy) is 2. The molecule has 200 valence electrons. The molecular formula is C33H35N3O3. The van der Waals surface area contributed by atoms with Gasteiger partial charge in [-0.05, 0) is 66.1 Å². The Morgan fingerprint density at radius 3 is 2.10 bits per heavy atom. The minimum Gasteiger partial charge on any atom is -0.496 e. The molecule has 4 aromatic carbocycles. The quantitative estimate of drug-likeness (QED) is 0.311. The summed E-state index contributed by atoms with van der Waals surface area (Å²) in [6, 6.07) is 30.1. The lowest BCUT2D eigenvalue weighted by Crippen LogP contribution is -2.43. The normalized spacial score (nSPS) is 13.2. The van der Waals surface area contributed by atoms with Gasteiger partial charge < -0.3 is 24.6 Å². The van der Waals surface area contributed by atoms with E-state index in [9.17, 15) is 4.79 Å². The second kappa shape index (κ2) is 12.0.